The predicted molar refractivity (Wildman–Crippen MR) is 88.2 cm³/mol. The molecular weight excluding hydrogens is 296 g/mol. The summed E-state index contributed by atoms with van der Waals surface area (Å²) in [6.45, 7) is 0. The summed E-state index contributed by atoms with van der Waals surface area (Å²) in [5.41, 5.74) is -0.579. The number of ether oxygens (including phenoxy) is 1. The second-order valence-corrected chi connectivity index (χ2v) is 6.97. The first-order chi connectivity index (χ1) is 10.7. The summed E-state index contributed by atoms with van der Waals surface area (Å²) < 4.78 is 6.34. The number of thioether (sulfide) groups is 1. The molecule has 2 aliphatic rings. The van der Waals surface area contributed by atoms with Crippen LogP contribution in [0.3, 0.4) is 0 Å². The Hall–Kier alpha value is -1.94. The molecule has 0 saturated heterocycles. The van der Waals surface area contributed by atoms with Gasteiger partial charge in [0.25, 0.3) is 0 Å². The van der Waals surface area contributed by atoms with Gasteiger partial charge in [0.2, 0.25) is 0 Å². The Morgan fingerprint density at radius 1 is 1.23 bits per heavy atom. The third-order valence-corrected chi connectivity index (χ3v) is 5.80. The molecule has 3 nitrogen and oxygen atoms in total. The molecule has 22 heavy (non-hydrogen) atoms. The van der Waals surface area contributed by atoms with Crippen molar-refractivity contribution in [3.05, 3.63) is 53.9 Å². The molecule has 1 unspecified atom stereocenters. The largest absolute Gasteiger partial charge is 0.485 e. The fourth-order valence-electron chi connectivity index (χ4n) is 3.28. The predicted octanol–water partition coefficient (Wildman–Crippen LogP) is 4.08. The summed E-state index contributed by atoms with van der Waals surface area (Å²) in [5.74, 6) is -0.383. The molecule has 1 saturated carbocycles. The van der Waals surface area contributed by atoms with E-state index in [-0.39, 0.29) is 5.25 Å². The van der Waals surface area contributed by atoms with Crippen LogP contribution in [0.15, 0.2) is 53.9 Å². The first-order valence-corrected chi connectivity index (χ1v) is 8.35. The topological polar surface area (TPSA) is 46.5 Å². The molecule has 0 spiro atoms. The Bertz CT molecular complexity index is 757. The van der Waals surface area contributed by atoms with E-state index in [4.69, 9.17) is 4.74 Å². The molecule has 0 aromatic heterocycles. The summed E-state index contributed by atoms with van der Waals surface area (Å²) in [4.78, 5) is 11.5. The van der Waals surface area contributed by atoms with Crippen LogP contribution in [-0.4, -0.2) is 21.9 Å². The highest BCUT2D eigenvalue weighted by Crippen LogP contribution is 2.56. The second kappa shape index (κ2) is 5.06. The molecule has 0 amide bonds. The molecule has 4 heteroatoms. The van der Waals surface area contributed by atoms with Crippen LogP contribution in [0.25, 0.3) is 10.8 Å². The molecule has 4 rings (SSSR count). The van der Waals surface area contributed by atoms with Crippen molar-refractivity contribution < 1.29 is 14.6 Å². The van der Waals surface area contributed by atoms with Gasteiger partial charge in [-0.3, -0.25) is 4.79 Å². The van der Waals surface area contributed by atoms with Gasteiger partial charge in [0.1, 0.15) is 17.3 Å². The van der Waals surface area contributed by atoms with E-state index in [0.717, 1.165) is 22.9 Å². The summed E-state index contributed by atoms with van der Waals surface area (Å²) in [6, 6.07) is 14.0. The summed E-state index contributed by atoms with van der Waals surface area (Å²) in [7, 11) is 0. The minimum atomic E-state index is -0.757. The Morgan fingerprint density at radius 2 is 2.05 bits per heavy atom. The fourth-order valence-corrected chi connectivity index (χ4v) is 4.45. The average molecular weight is 312 g/mol. The highest BCUT2D eigenvalue weighted by molar-refractivity contribution is 8.03. The fraction of sp³-hybridized carbons (Fsp3) is 0.278. The van der Waals surface area contributed by atoms with Crippen molar-refractivity contribution in [3.63, 3.8) is 0 Å². The Balaban J connectivity index is 1.71. The van der Waals surface area contributed by atoms with Gasteiger partial charge in [-0.25, -0.2) is 0 Å². The SMILES string of the molecule is O=C(O)[C@@H]1C[C@@]1(Oc1cccc2ccccc12)C1CC=CS1. The maximum Gasteiger partial charge on any atom is 0.310 e. The molecule has 0 radical (unpaired) electrons. The Kier molecular flexibility index (Phi) is 3.15. The maximum atomic E-state index is 11.5. The van der Waals surface area contributed by atoms with Crippen molar-refractivity contribution in [1.82, 2.24) is 0 Å². The summed E-state index contributed by atoms with van der Waals surface area (Å²) >= 11 is 1.69. The van der Waals surface area contributed by atoms with E-state index >= 15 is 0 Å². The molecular formula is C18H16O3S. The van der Waals surface area contributed by atoms with Crippen LogP contribution in [0.2, 0.25) is 0 Å². The Morgan fingerprint density at radius 3 is 2.77 bits per heavy atom. The van der Waals surface area contributed by atoms with Crippen LogP contribution >= 0.6 is 11.8 Å². The van der Waals surface area contributed by atoms with E-state index in [9.17, 15) is 9.90 Å². The molecule has 2 aromatic carbocycles. The normalized spacial score (nSPS) is 29.6. The lowest BCUT2D eigenvalue weighted by atomic mass is 10.1. The van der Waals surface area contributed by atoms with Gasteiger partial charge >= 0.3 is 5.97 Å². The minimum Gasteiger partial charge on any atom is -0.485 e. The van der Waals surface area contributed by atoms with Gasteiger partial charge in [-0.15, -0.1) is 11.8 Å². The van der Waals surface area contributed by atoms with Gasteiger partial charge in [0, 0.05) is 11.8 Å². The van der Waals surface area contributed by atoms with Crippen molar-refractivity contribution in [3.8, 4) is 5.75 Å². The zero-order chi connectivity index (χ0) is 15.2. The third-order valence-electron chi connectivity index (χ3n) is 4.53. The number of benzene rings is 2. The number of hydrogen-bond acceptors (Lipinski definition) is 3. The van der Waals surface area contributed by atoms with Crippen LogP contribution in [0.1, 0.15) is 12.8 Å². The monoisotopic (exact) mass is 312 g/mol. The smallest absolute Gasteiger partial charge is 0.310 e. The molecule has 1 aliphatic heterocycles. The van der Waals surface area contributed by atoms with Crippen molar-refractivity contribution in [1.29, 1.82) is 0 Å². The number of fused-ring (bicyclic) bond motifs is 1. The van der Waals surface area contributed by atoms with Crippen LogP contribution < -0.4 is 4.74 Å². The van der Waals surface area contributed by atoms with Crippen molar-refractivity contribution in [2.24, 2.45) is 5.92 Å². The zero-order valence-corrected chi connectivity index (χ0v) is 12.8. The van der Waals surface area contributed by atoms with Gasteiger partial charge in [0.05, 0.1) is 5.25 Å². The van der Waals surface area contributed by atoms with Gasteiger partial charge < -0.3 is 9.84 Å². The van der Waals surface area contributed by atoms with E-state index in [0.29, 0.717) is 6.42 Å². The van der Waals surface area contributed by atoms with Crippen LogP contribution in [0, 0.1) is 5.92 Å². The summed E-state index contributed by atoms with van der Waals surface area (Å²) in [6.07, 6.45) is 3.56. The Labute approximate surface area is 133 Å². The molecule has 1 fully saturated rings. The van der Waals surface area contributed by atoms with E-state index in [1.54, 1.807) is 11.8 Å². The van der Waals surface area contributed by atoms with Crippen molar-refractivity contribution >= 4 is 28.5 Å². The van der Waals surface area contributed by atoms with Gasteiger partial charge in [0.15, 0.2) is 0 Å². The molecule has 3 atom stereocenters. The number of carboxylic acid groups (broad SMARTS) is 1. The van der Waals surface area contributed by atoms with E-state index in [2.05, 4.69) is 11.5 Å². The highest BCUT2D eigenvalue weighted by atomic mass is 32.2. The quantitative estimate of drug-likeness (QED) is 0.924. The standard InChI is InChI=1S/C18H16O3S/c19-17(20)14-11-18(14,16-9-4-10-22-16)21-15-8-3-6-12-5-1-2-7-13(12)15/h1-8,10,14,16H,9,11H2,(H,19,20)/t14-,16?,18-/m0/s1. The molecule has 2 aromatic rings. The first-order valence-electron chi connectivity index (χ1n) is 7.41. The van der Waals surface area contributed by atoms with Crippen LogP contribution in [-0.2, 0) is 4.79 Å². The van der Waals surface area contributed by atoms with Crippen molar-refractivity contribution in [2.75, 3.05) is 0 Å². The van der Waals surface area contributed by atoms with E-state index in [1.807, 2.05) is 42.5 Å². The number of hydrogen-bond donors (Lipinski definition) is 1. The lowest BCUT2D eigenvalue weighted by Crippen LogP contribution is -2.34. The zero-order valence-electron chi connectivity index (χ0n) is 11.9. The molecule has 1 aliphatic carbocycles. The third kappa shape index (κ3) is 2.10. The molecule has 1 heterocycles. The van der Waals surface area contributed by atoms with Crippen LogP contribution in [0.4, 0.5) is 0 Å². The molecule has 0 bridgehead atoms. The van der Waals surface area contributed by atoms with Crippen molar-refractivity contribution in [2.45, 2.75) is 23.7 Å². The van der Waals surface area contributed by atoms with Gasteiger partial charge in [-0.1, -0.05) is 42.5 Å². The van der Waals surface area contributed by atoms with Gasteiger partial charge in [-0.05, 0) is 23.3 Å². The summed E-state index contributed by atoms with van der Waals surface area (Å²) in [5, 5.41) is 13.8. The lowest BCUT2D eigenvalue weighted by Gasteiger charge is -2.25. The minimum absolute atomic E-state index is 0.188. The molecule has 1 N–H and O–H groups in total. The first kappa shape index (κ1) is 13.7. The number of carboxylic acids is 1. The number of allylic oxidation sites excluding steroid dienone is 1. The lowest BCUT2D eigenvalue weighted by molar-refractivity contribution is -0.140. The molecule has 112 valence electrons. The van der Waals surface area contributed by atoms with Crippen LogP contribution in [0.5, 0.6) is 5.75 Å². The highest BCUT2D eigenvalue weighted by Gasteiger charge is 2.66. The number of rotatable bonds is 4. The van der Waals surface area contributed by atoms with E-state index in [1.165, 1.54) is 0 Å². The average Bonchev–Trinajstić information content (AvgIpc) is 3.00. The second-order valence-electron chi connectivity index (χ2n) is 5.86. The van der Waals surface area contributed by atoms with E-state index < -0.39 is 17.5 Å². The number of carbonyl (C=O) groups is 1. The number of aliphatic carboxylic acids is 1. The maximum absolute atomic E-state index is 11.5. The van der Waals surface area contributed by atoms with Gasteiger partial charge in [-0.2, -0.15) is 0 Å².